The minimum atomic E-state index is 1.05. The lowest BCUT2D eigenvalue weighted by molar-refractivity contribution is 0.861. The number of rotatable bonds is 6. The van der Waals surface area contributed by atoms with Crippen LogP contribution in [0.15, 0.2) is 18.7 Å². The van der Waals surface area contributed by atoms with Crippen molar-refractivity contribution < 1.29 is 0 Å². The highest BCUT2D eigenvalue weighted by molar-refractivity contribution is 5.71. The minimum absolute atomic E-state index is 1.05. The van der Waals surface area contributed by atoms with Crippen LogP contribution in [-0.2, 0) is 12.8 Å². The first-order chi connectivity index (χ1) is 8.23. The van der Waals surface area contributed by atoms with Gasteiger partial charge in [0.05, 0.1) is 0 Å². The number of hydrogen-bond acceptors (Lipinski definition) is 1. The lowest BCUT2D eigenvalue weighted by atomic mass is 9.95. The van der Waals surface area contributed by atoms with E-state index in [1.165, 1.54) is 22.4 Å². The maximum atomic E-state index is 4.00. The largest absolute Gasteiger partial charge is 0.372 e. The van der Waals surface area contributed by atoms with Gasteiger partial charge in [0, 0.05) is 24.3 Å². The first-order valence-corrected chi connectivity index (χ1v) is 6.75. The van der Waals surface area contributed by atoms with Crippen LogP contribution in [0.2, 0.25) is 0 Å². The monoisotopic (exact) mass is 231 g/mol. The fraction of sp³-hybridized carbons (Fsp3) is 0.500. The van der Waals surface area contributed by atoms with Gasteiger partial charge in [0.1, 0.15) is 0 Å². The Balaban J connectivity index is 3.37. The molecule has 0 radical (unpaired) electrons. The highest BCUT2D eigenvalue weighted by Gasteiger charge is 2.12. The number of hydrogen-bond donors (Lipinski definition) is 0. The van der Waals surface area contributed by atoms with Crippen molar-refractivity contribution >= 4 is 11.8 Å². The van der Waals surface area contributed by atoms with Crippen molar-refractivity contribution in [1.82, 2.24) is 0 Å². The van der Waals surface area contributed by atoms with Crippen LogP contribution in [0.1, 0.15) is 44.4 Å². The molecule has 0 unspecified atom stereocenters. The van der Waals surface area contributed by atoms with Crippen molar-refractivity contribution in [1.29, 1.82) is 0 Å². The molecule has 0 spiro atoms. The van der Waals surface area contributed by atoms with Crippen molar-refractivity contribution in [3.05, 3.63) is 35.4 Å². The molecule has 0 amide bonds. The Kier molecular flexibility index (Phi) is 5.27. The van der Waals surface area contributed by atoms with Gasteiger partial charge in [-0.15, -0.1) is 0 Å². The summed E-state index contributed by atoms with van der Waals surface area (Å²) in [5.74, 6) is 0. The highest BCUT2D eigenvalue weighted by Crippen LogP contribution is 2.28. The Morgan fingerprint density at radius 3 is 2.12 bits per heavy atom. The van der Waals surface area contributed by atoms with Crippen LogP contribution < -0.4 is 4.90 Å². The van der Waals surface area contributed by atoms with Gasteiger partial charge < -0.3 is 4.90 Å². The second-order valence-electron chi connectivity index (χ2n) is 4.22. The van der Waals surface area contributed by atoms with Gasteiger partial charge in [0.15, 0.2) is 0 Å². The van der Waals surface area contributed by atoms with Crippen molar-refractivity contribution in [2.45, 2.75) is 40.5 Å². The Hall–Kier alpha value is -1.24. The SMILES string of the molecule is C=Cc1c(N(CC)CC)ccc(CC)c1CC. The smallest absolute Gasteiger partial charge is 0.0442 e. The predicted molar refractivity (Wildman–Crippen MR) is 78.9 cm³/mol. The van der Waals surface area contributed by atoms with E-state index in [0.29, 0.717) is 0 Å². The Labute approximate surface area is 106 Å². The van der Waals surface area contributed by atoms with Crippen LogP contribution >= 0.6 is 0 Å². The van der Waals surface area contributed by atoms with Gasteiger partial charge in [-0.25, -0.2) is 0 Å². The topological polar surface area (TPSA) is 3.24 Å². The Morgan fingerprint density at radius 2 is 1.71 bits per heavy atom. The maximum Gasteiger partial charge on any atom is 0.0442 e. The Bertz CT molecular complexity index is 375. The van der Waals surface area contributed by atoms with Crippen molar-refractivity contribution in [2.75, 3.05) is 18.0 Å². The molecule has 0 aliphatic carbocycles. The second-order valence-corrected chi connectivity index (χ2v) is 4.22. The molecule has 1 aromatic rings. The molecule has 0 aliphatic rings. The van der Waals surface area contributed by atoms with Crippen LogP contribution in [0, 0.1) is 0 Å². The summed E-state index contributed by atoms with van der Waals surface area (Å²) in [6, 6.07) is 4.53. The summed E-state index contributed by atoms with van der Waals surface area (Å²) in [4.78, 5) is 2.40. The summed E-state index contributed by atoms with van der Waals surface area (Å²) in [6.07, 6.45) is 4.20. The summed E-state index contributed by atoms with van der Waals surface area (Å²) in [6.45, 7) is 15.0. The number of nitrogens with zero attached hydrogens (tertiary/aromatic N) is 1. The summed E-state index contributed by atoms with van der Waals surface area (Å²) in [7, 11) is 0. The molecule has 0 saturated heterocycles. The summed E-state index contributed by atoms with van der Waals surface area (Å²) < 4.78 is 0. The summed E-state index contributed by atoms with van der Waals surface area (Å²) in [5.41, 5.74) is 5.58. The van der Waals surface area contributed by atoms with Crippen molar-refractivity contribution in [2.24, 2.45) is 0 Å². The molecule has 0 fully saturated rings. The van der Waals surface area contributed by atoms with Crippen LogP contribution in [0.4, 0.5) is 5.69 Å². The van der Waals surface area contributed by atoms with Gasteiger partial charge >= 0.3 is 0 Å². The van der Waals surface area contributed by atoms with E-state index < -0.39 is 0 Å². The lowest BCUT2D eigenvalue weighted by Gasteiger charge is -2.25. The molecular weight excluding hydrogens is 206 g/mol. The molecule has 1 rings (SSSR count). The van der Waals surface area contributed by atoms with E-state index in [0.717, 1.165) is 25.9 Å². The average Bonchev–Trinajstić information content (AvgIpc) is 2.39. The minimum Gasteiger partial charge on any atom is -0.372 e. The van der Waals surface area contributed by atoms with Crippen LogP contribution in [0.25, 0.3) is 6.08 Å². The third-order valence-electron chi connectivity index (χ3n) is 3.47. The molecule has 0 bridgehead atoms. The van der Waals surface area contributed by atoms with E-state index in [9.17, 15) is 0 Å². The maximum absolute atomic E-state index is 4.00. The summed E-state index contributed by atoms with van der Waals surface area (Å²) in [5, 5.41) is 0. The van der Waals surface area contributed by atoms with E-state index >= 15 is 0 Å². The van der Waals surface area contributed by atoms with Gasteiger partial charge in [-0.3, -0.25) is 0 Å². The fourth-order valence-corrected chi connectivity index (χ4v) is 2.51. The van der Waals surface area contributed by atoms with Gasteiger partial charge in [0.2, 0.25) is 0 Å². The van der Waals surface area contributed by atoms with E-state index in [2.05, 4.69) is 51.3 Å². The van der Waals surface area contributed by atoms with Gasteiger partial charge in [-0.1, -0.05) is 32.6 Å². The van der Waals surface area contributed by atoms with E-state index in [-0.39, 0.29) is 0 Å². The zero-order valence-electron chi connectivity index (χ0n) is 11.7. The predicted octanol–water partition coefficient (Wildman–Crippen LogP) is 4.30. The van der Waals surface area contributed by atoms with Gasteiger partial charge in [0.25, 0.3) is 0 Å². The van der Waals surface area contributed by atoms with Crippen LogP contribution in [0.3, 0.4) is 0 Å². The van der Waals surface area contributed by atoms with Gasteiger partial charge in [-0.05, 0) is 43.9 Å². The normalized spacial score (nSPS) is 10.4. The summed E-state index contributed by atoms with van der Waals surface area (Å²) >= 11 is 0. The molecule has 1 aromatic carbocycles. The quantitative estimate of drug-likeness (QED) is 0.705. The molecular formula is C16H25N. The van der Waals surface area contributed by atoms with E-state index in [4.69, 9.17) is 0 Å². The fourth-order valence-electron chi connectivity index (χ4n) is 2.51. The molecule has 0 aromatic heterocycles. The van der Waals surface area contributed by atoms with E-state index in [1.54, 1.807) is 0 Å². The lowest BCUT2D eigenvalue weighted by Crippen LogP contribution is -2.23. The molecule has 0 atom stereocenters. The molecule has 0 saturated carbocycles. The highest BCUT2D eigenvalue weighted by atomic mass is 15.1. The molecule has 0 N–H and O–H groups in total. The average molecular weight is 231 g/mol. The second kappa shape index (κ2) is 6.48. The third-order valence-corrected chi connectivity index (χ3v) is 3.47. The molecule has 94 valence electrons. The van der Waals surface area contributed by atoms with Crippen molar-refractivity contribution in [3.63, 3.8) is 0 Å². The Morgan fingerprint density at radius 1 is 1.06 bits per heavy atom. The van der Waals surface area contributed by atoms with Crippen LogP contribution in [-0.4, -0.2) is 13.1 Å². The number of benzene rings is 1. The van der Waals surface area contributed by atoms with E-state index in [1.807, 2.05) is 6.08 Å². The number of anilines is 1. The molecule has 0 aliphatic heterocycles. The first kappa shape index (κ1) is 13.8. The molecule has 1 heteroatoms. The first-order valence-electron chi connectivity index (χ1n) is 6.75. The van der Waals surface area contributed by atoms with Crippen molar-refractivity contribution in [3.8, 4) is 0 Å². The molecule has 1 nitrogen and oxygen atoms in total. The third kappa shape index (κ3) is 2.71. The zero-order valence-corrected chi connectivity index (χ0v) is 11.7. The standard InChI is InChI=1S/C16H25N/c1-6-13-11-12-16(17(9-4)10-5)15(8-3)14(13)7-2/h8,11-12H,3,6-7,9-10H2,1-2,4-5H3. The number of aryl methyl sites for hydroxylation is 1. The van der Waals surface area contributed by atoms with Crippen LogP contribution in [0.5, 0.6) is 0 Å². The zero-order chi connectivity index (χ0) is 12.8. The molecule has 0 heterocycles. The molecule has 17 heavy (non-hydrogen) atoms. The van der Waals surface area contributed by atoms with Gasteiger partial charge in [-0.2, -0.15) is 0 Å².